The number of anilines is 1. The summed E-state index contributed by atoms with van der Waals surface area (Å²) in [6.45, 7) is 5.28. The van der Waals surface area contributed by atoms with E-state index < -0.39 is 0 Å². The van der Waals surface area contributed by atoms with Gasteiger partial charge in [0.25, 0.3) is 0 Å². The van der Waals surface area contributed by atoms with E-state index >= 15 is 0 Å². The summed E-state index contributed by atoms with van der Waals surface area (Å²) in [5, 5.41) is 0.385. The first-order valence-corrected chi connectivity index (χ1v) is 7.11. The molecule has 19 heavy (non-hydrogen) atoms. The van der Waals surface area contributed by atoms with Crippen molar-refractivity contribution in [3.63, 3.8) is 0 Å². The molecule has 0 bridgehead atoms. The van der Waals surface area contributed by atoms with Gasteiger partial charge >= 0.3 is 0 Å². The standard InChI is InChI=1S/C14H15ClFNOS/c1-5-11(15)9(2)10-6-13(17(3)8-18)14(19-4)7-12(10)16/h5-8H,1H2,2-4H3/b11-9-. The highest BCUT2D eigenvalue weighted by Crippen LogP contribution is 2.34. The summed E-state index contributed by atoms with van der Waals surface area (Å²) >= 11 is 7.35. The van der Waals surface area contributed by atoms with Crippen molar-refractivity contribution in [1.29, 1.82) is 0 Å². The van der Waals surface area contributed by atoms with E-state index in [-0.39, 0.29) is 5.82 Å². The van der Waals surface area contributed by atoms with E-state index in [1.165, 1.54) is 28.8 Å². The fourth-order valence-electron chi connectivity index (χ4n) is 1.61. The Labute approximate surface area is 121 Å². The molecule has 0 heterocycles. The van der Waals surface area contributed by atoms with Gasteiger partial charge in [-0.1, -0.05) is 24.3 Å². The number of carbonyl (C=O) groups is 1. The molecule has 0 saturated heterocycles. The Morgan fingerprint density at radius 1 is 1.53 bits per heavy atom. The maximum Gasteiger partial charge on any atom is 0.213 e. The number of benzene rings is 1. The molecule has 0 unspecified atom stereocenters. The molecule has 1 aromatic rings. The number of halogens is 2. The van der Waals surface area contributed by atoms with E-state index in [1.807, 2.05) is 6.26 Å². The summed E-state index contributed by atoms with van der Waals surface area (Å²) in [5.41, 5.74) is 1.60. The molecule has 0 fully saturated rings. The van der Waals surface area contributed by atoms with Gasteiger partial charge in [0.15, 0.2) is 0 Å². The Kier molecular flexibility index (Phi) is 5.63. The van der Waals surface area contributed by atoms with Crippen LogP contribution >= 0.6 is 23.4 Å². The highest BCUT2D eigenvalue weighted by molar-refractivity contribution is 7.98. The average molecular weight is 300 g/mol. The van der Waals surface area contributed by atoms with Gasteiger partial charge in [-0.3, -0.25) is 4.79 Å². The number of carbonyl (C=O) groups excluding carboxylic acids is 1. The van der Waals surface area contributed by atoms with Gasteiger partial charge in [0.1, 0.15) is 5.82 Å². The summed E-state index contributed by atoms with van der Waals surface area (Å²) in [6.07, 6.45) is 3.98. The van der Waals surface area contributed by atoms with Crippen molar-refractivity contribution >= 4 is 41.0 Å². The van der Waals surface area contributed by atoms with Crippen LogP contribution in [0.25, 0.3) is 5.57 Å². The molecule has 0 saturated carbocycles. The van der Waals surface area contributed by atoms with Crippen LogP contribution in [0.1, 0.15) is 12.5 Å². The van der Waals surface area contributed by atoms with Gasteiger partial charge in [0.2, 0.25) is 6.41 Å². The van der Waals surface area contributed by atoms with E-state index in [2.05, 4.69) is 6.58 Å². The van der Waals surface area contributed by atoms with Crippen LogP contribution < -0.4 is 4.90 Å². The first-order chi connectivity index (χ1) is 8.96. The molecule has 0 aliphatic rings. The minimum atomic E-state index is -0.370. The summed E-state index contributed by atoms with van der Waals surface area (Å²) in [6, 6.07) is 3.03. The Hall–Kier alpha value is -1.26. The number of nitrogens with zero attached hydrogens (tertiary/aromatic N) is 1. The second-order valence-electron chi connectivity index (χ2n) is 3.90. The Bertz CT molecular complexity index is 542. The lowest BCUT2D eigenvalue weighted by Crippen LogP contribution is -2.15. The summed E-state index contributed by atoms with van der Waals surface area (Å²) < 4.78 is 14.1. The van der Waals surface area contributed by atoms with Gasteiger partial charge in [0, 0.05) is 22.5 Å². The molecular weight excluding hydrogens is 285 g/mol. The lowest BCUT2D eigenvalue weighted by molar-refractivity contribution is -0.107. The molecular formula is C14H15ClFNOS. The lowest BCUT2D eigenvalue weighted by Gasteiger charge is -2.17. The molecule has 1 amide bonds. The Morgan fingerprint density at radius 3 is 2.63 bits per heavy atom. The number of hydrogen-bond acceptors (Lipinski definition) is 2. The first kappa shape index (κ1) is 15.8. The maximum atomic E-state index is 14.1. The SMILES string of the molecule is C=C/C(Cl)=C(\C)c1cc(N(C)C=O)c(SC)cc1F. The van der Waals surface area contributed by atoms with Crippen LogP contribution in [-0.4, -0.2) is 19.7 Å². The van der Waals surface area contributed by atoms with E-state index in [1.54, 1.807) is 20.0 Å². The summed E-state index contributed by atoms with van der Waals surface area (Å²) in [5.74, 6) is -0.370. The summed E-state index contributed by atoms with van der Waals surface area (Å²) in [4.78, 5) is 13.0. The van der Waals surface area contributed by atoms with Crippen LogP contribution in [0.15, 0.2) is 34.7 Å². The van der Waals surface area contributed by atoms with Gasteiger partial charge in [-0.25, -0.2) is 4.39 Å². The zero-order valence-corrected chi connectivity index (χ0v) is 12.6. The number of rotatable bonds is 5. The predicted molar refractivity (Wildman–Crippen MR) is 81.3 cm³/mol. The zero-order valence-electron chi connectivity index (χ0n) is 11.0. The van der Waals surface area contributed by atoms with E-state index in [4.69, 9.17) is 11.6 Å². The third-order valence-electron chi connectivity index (χ3n) is 2.75. The van der Waals surface area contributed by atoms with Gasteiger partial charge in [-0.05, 0) is 30.9 Å². The molecule has 0 aliphatic heterocycles. The number of thioether (sulfide) groups is 1. The molecule has 0 N–H and O–H groups in total. The number of allylic oxidation sites excluding steroid dienone is 3. The van der Waals surface area contributed by atoms with Crippen LogP contribution in [0, 0.1) is 5.82 Å². The van der Waals surface area contributed by atoms with Crippen molar-refractivity contribution < 1.29 is 9.18 Å². The van der Waals surface area contributed by atoms with Crippen molar-refractivity contribution in [3.8, 4) is 0 Å². The van der Waals surface area contributed by atoms with Crippen molar-refractivity contribution in [2.75, 3.05) is 18.2 Å². The second-order valence-corrected chi connectivity index (χ2v) is 5.15. The number of amides is 1. The van der Waals surface area contributed by atoms with Gasteiger partial charge < -0.3 is 4.90 Å². The fraction of sp³-hybridized carbons (Fsp3) is 0.214. The fourth-order valence-corrected chi connectivity index (χ4v) is 2.34. The highest BCUT2D eigenvalue weighted by Gasteiger charge is 2.14. The predicted octanol–water partition coefficient (Wildman–Crippen LogP) is 4.30. The lowest BCUT2D eigenvalue weighted by atomic mass is 10.1. The second kappa shape index (κ2) is 6.78. The zero-order chi connectivity index (χ0) is 14.6. The van der Waals surface area contributed by atoms with Crippen molar-refractivity contribution in [2.45, 2.75) is 11.8 Å². The smallest absolute Gasteiger partial charge is 0.213 e. The molecule has 102 valence electrons. The quantitative estimate of drug-likeness (QED) is 0.459. The molecule has 0 aliphatic carbocycles. The average Bonchev–Trinajstić information content (AvgIpc) is 2.44. The third-order valence-corrected chi connectivity index (χ3v) is 3.95. The van der Waals surface area contributed by atoms with E-state index in [9.17, 15) is 9.18 Å². The monoisotopic (exact) mass is 299 g/mol. The molecule has 5 heteroatoms. The van der Waals surface area contributed by atoms with Crippen molar-refractivity contribution in [3.05, 3.63) is 41.2 Å². The minimum Gasteiger partial charge on any atom is -0.317 e. The Balaban J connectivity index is 3.52. The van der Waals surface area contributed by atoms with Crippen molar-refractivity contribution in [1.82, 2.24) is 0 Å². The van der Waals surface area contributed by atoms with Crippen molar-refractivity contribution in [2.24, 2.45) is 0 Å². The molecule has 0 atom stereocenters. The molecule has 0 aromatic heterocycles. The largest absolute Gasteiger partial charge is 0.317 e. The third kappa shape index (κ3) is 3.39. The van der Waals surface area contributed by atoms with Gasteiger partial charge in [-0.2, -0.15) is 0 Å². The number of hydrogen-bond donors (Lipinski definition) is 0. The van der Waals surface area contributed by atoms with Gasteiger partial charge in [-0.15, -0.1) is 11.8 Å². The molecule has 1 aromatic carbocycles. The van der Waals surface area contributed by atoms with Crippen LogP contribution in [0.2, 0.25) is 0 Å². The molecule has 2 nitrogen and oxygen atoms in total. The first-order valence-electron chi connectivity index (χ1n) is 5.51. The van der Waals surface area contributed by atoms with Crippen LogP contribution in [0.4, 0.5) is 10.1 Å². The highest BCUT2D eigenvalue weighted by atomic mass is 35.5. The summed E-state index contributed by atoms with van der Waals surface area (Å²) in [7, 11) is 1.62. The topological polar surface area (TPSA) is 20.3 Å². The Morgan fingerprint density at radius 2 is 2.16 bits per heavy atom. The maximum absolute atomic E-state index is 14.1. The van der Waals surface area contributed by atoms with Crippen LogP contribution in [0.3, 0.4) is 0 Å². The normalized spacial score (nSPS) is 11.8. The molecule has 1 rings (SSSR count). The van der Waals surface area contributed by atoms with E-state index in [0.717, 1.165) is 0 Å². The molecule has 0 radical (unpaired) electrons. The van der Waals surface area contributed by atoms with Crippen LogP contribution in [-0.2, 0) is 4.79 Å². The van der Waals surface area contributed by atoms with Gasteiger partial charge in [0.05, 0.1) is 5.69 Å². The van der Waals surface area contributed by atoms with Crippen LogP contribution in [0.5, 0.6) is 0 Å². The van der Waals surface area contributed by atoms with E-state index in [0.29, 0.717) is 33.2 Å². The minimum absolute atomic E-state index is 0.367. The molecule has 0 spiro atoms.